The molecule has 1 heterocycles. The van der Waals surface area contributed by atoms with E-state index in [0.29, 0.717) is 6.61 Å². The second-order valence-corrected chi connectivity index (χ2v) is 3.10. The van der Waals surface area contributed by atoms with Gasteiger partial charge in [0.05, 0.1) is 6.61 Å². The molecule has 0 aliphatic carbocycles. The van der Waals surface area contributed by atoms with Gasteiger partial charge in [-0.2, -0.15) is 0 Å². The highest BCUT2D eigenvalue weighted by molar-refractivity contribution is 7.26. The molecule has 2 atom stereocenters. The molecule has 0 N–H and O–H groups in total. The van der Waals surface area contributed by atoms with Crippen molar-refractivity contribution in [3.8, 4) is 0 Å². The Hall–Kier alpha value is -0.430. The Bertz CT molecular complexity index is 219. The lowest BCUT2D eigenvalue weighted by Crippen LogP contribution is -1.97. The van der Waals surface area contributed by atoms with Crippen LogP contribution in [-0.4, -0.2) is 6.61 Å². The summed E-state index contributed by atoms with van der Waals surface area (Å²) in [4.78, 5) is 0. The van der Waals surface area contributed by atoms with Gasteiger partial charge in [0.15, 0.2) is 9.03 Å². The zero-order valence-corrected chi connectivity index (χ0v) is 6.99. The summed E-state index contributed by atoms with van der Waals surface area (Å²) in [7, 11) is 0.214. The molecule has 3 heteroatoms. The summed E-state index contributed by atoms with van der Waals surface area (Å²) in [6.45, 7) is 0.697. The normalized spacial score (nSPS) is 26.0. The van der Waals surface area contributed by atoms with Crippen LogP contribution in [0.2, 0.25) is 0 Å². The highest BCUT2D eigenvalue weighted by Gasteiger charge is 2.17. The molecule has 1 aromatic carbocycles. The van der Waals surface area contributed by atoms with Crippen LogP contribution >= 0.6 is 9.03 Å². The molecular weight excluding hydrogens is 159 g/mol. The number of benzene rings is 1. The SMILES string of the molecule is c1ccc(C2COPO2)cc1. The standard InChI is InChI=1S/C8H9O2P/c1-2-4-7(5-3-1)8-6-9-11-10-8/h1-5,8,11H,6H2. The fourth-order valence-corrected chi connectivity index (χ4v) is 1.68. The molecule has 0 bridgehead atoms. The first-order valence-corrected chi connectivity index (χ1v) is 4.36. The van der Waals surface area contributed by atoms with Crippen LogP contribution in [0.3, 0.4) is 0 Å². The monoisotopic (exact) mass is 168 g/mol. The molecule has 58 valence electrons. The van der Waals surface area contributed by atoms with Crippen molar-refractivity contribution >= 4 is 9.03 Å². The van der Waals surface area contributed by atoms with E-state index in [0.717, 1.165) is 0 Å². The van der Waals surface area contributed by atoms with E-state index in [9.17, 15) is 0 Å². The molecule has 1 saturated heterocycles. The zero-order valence-electron chi connectivity index (χ0n) is 5.99. The van der Waals surface area contributed by atoms with Crippen molar-refractivity contribution in [3.05, 3.63) is 35.9 Å². The van der Waals surface area contributed by atoms with Crippen molar-refractivity contribution in [3.63, 3.8) is 0 Å². The third-order valence-corrected chi connectivity index (χ3v) is 2.32. The molecule has 2 rings (SSSR count). The van der Waals surface area contributed by atoms with E-state index in [4.69, 9.17) is 9.05 Å². The number of hydrogen-bond donors (Lipinski definition) is 0. The predicted octanol–water partition coefficient (Wildman–Crippen LogP) is 2.28. The minimum absolute atomic E-state index is 0.162. The Morgan fingerprint density at radius 1 is 1.27 bits per heavy atom. The molecule has 1 fully saturated rings. The highest BCUT2D eigenvalue weighted by Crippen LogP contribution is 2.35. The summed E-state index contributed by atoms with van der Waals surface area (Å²) in [5.41, 5.74) is 1.21. The summed E-state index contributed by atoms with van der Waals surface area (Å²) in [6.07, 6.45) is 0.162. The van der Waals surface area contributed by atoms with Crippen molar-refractivity contribution in [1.29, 1.82) is 0 Å². The summed E-state index contributed by atoms with van der Waals surface area (Å²) < 4.78 is 10.5. The quantitative estimate of drug-likeness (QED) is 0.599. The highest BCUT2D eigenvalue weighted by atomic mass is 31.1. The second-order valence-electron chi connectivity index (χ2n) is 2.41. The van der Waals surface area contributed by atoms with Crippen LogP contribution < -0.4 is 0 Å². The Morgan fingerprint density at radius 3 is 2.73 bits per heavy atom. The molecule has 0 radical (unpaired) electrons. The maximum absolute atomic E-state index is 5.34. The van der Waals surface area contributed by atoms with E-state index in [1.807, 2.05) is 18.2 Å². The molecule has 0 aromatic heterocycles. The van der Waals surface area contributed by atoms with Crippen LogP contribution in [0.1, 0.15) is 11.7 Å². The van der Waals surface area contributed by atoms with E-state index in [1.165, 1.54) is 5.56 Å². The second kappa shape index (κ2) is 3.31. The fraction of sp³-hybridized carbons (Fsp3) is 0.250. The van der Waals surface area contributed by atoms with E-state index in [-0.39, 0.29) is 15.1 Å². The Morgan fingerprint density at radius 2 is 2.09 bits per heavy atom. The zero-order chi connectivity index (χ0) is 7.52. The average Bonchev–Trinajstić information content (AvgIpc) is 2.58. The lowest BCUT2D eigenvalue weighted by atomic mass is 10.1. The molecule has 0 amide bonds. The fourth-order valence-electron chi connectivity index (χ4n) is 1.07. The van der Waals surface area contributed by atoms with Crippen molar-refractivity contribution < 1.29 is 9.05 Å². The smallest absolute Gasteiger partial charge is 0.155 e. The van der Waals surface area contributed by atoms with Crippen molar-refractivity contribution in [1.82, 2.24) is 0 Å². The largest absolute Gasteiger partial charge is 0.333 e. The molecule has 1 aliphatic heterocycles. The third kappa shape index (κ3) is 1.59. The van der Waals surface area contributed by atoms with Gasteiger partial charge < -0.3 is 9.05 Å². The van der Waals surface area contributed by atoms with Gasteiger partial charge in [0.2, 0.25) is 0 Å². The molecular formula is C8H9O2P. The molecule has 2 nitrogen and oxygen atoms in total. The molecule has 1 aliphatic rings. The molecule has 0 saturated carbocycles. The van der Waals surface area contributed by atoms with E-state index in [1.54, 1.807) is 0 Å². The van der Waals surface area contributed by atoms with Gasteiger partial charge in [-0.25, -0.2) is 0 Å². The van der Waals surface area contributed by atoms with Gasteiger partial charge in [0.1, 0.15) is 6.10 Å². The van der Waals surface area contributed by atoms with Crippen LogP contribution in [0, 0.1) is 0 Å². The third-order valence-electron chi connectivity index (χ3n) is 1.66. The van der Waals surface area contributed by atoms with E-state index < -0.39 is 0 Å². The first-order chi connectivity index (χ1) is 5.47. The van der Waals surface area contributed by atoms with Gasteiger partial charge >= 0.3 is 0 Å². The molecule has 0 spiro atoms. The van der Waals surface area contributed by atoms with Crippen molar-refractivity contribution in [2.45, 2.75) is 6.10 Å². The van der Waals surface area contributed by atoms with Gasteiger partial charge in [0, 0.05) is 0 Å². The maximum atomic E-state index is 5.34. The first kappa shape index (κ1) is 7.23. The maximum Gasteiger partial charge on any atom is 0.155 e. The Kier molecular flexibility index (Phi) is 2.18. The average molecular weight is 168 g/mol. The van der Waals surface area contributed by atoms with Crippen LogP contribution in [0.5, 0.6) is 0 Å². The lowest BCUT2D eigenvalue weighted by Gasteiger charge is -2.05. The van der Waals surface area contributed by atoms with Gasteiger partial charge in [-0.3, -0.25) is 0 Å². The van der Waals surface area contributed by atoms with Crippen LogP contribution in [-0.2, 0) is 9.05 Å². The van der Waals surface area contributed by atoms with Gasteiger partial charge in [0.25, 0.3) is 0 Å². The summed E-state index contributed by atoms with van der Waals surface area (Å²) >= 11 is 0. The summed E-state index contributed by atoms with van der Waals surface area (Å²) in [5, 5.41) is 0. The summed E-state index contributed by atoms with van der Waals surface area (Å²) in [6, 6.07) is 10.1. The number of rotatable bonds is 1. The van der Waals surface area contributed by atoms with Crippen LogP contribution in [0.25, 0.3) is 0 Å². The van der Waals surface area contributed by atoms with Crippen LogP contribution in [0.15, 0.2) is 30.3 Å². The first-order valence-electron chi connectivity index (χ1n) is 3.54. The van der Waals surface area contributed by atoms with Gasteiger partial charge in [-0.1, -0.05) is 30.3 Å². The topological polar surface area (TPSA) is 18.5 Å². The predicted molar refractivity (Wildman–Crippen MR) is 44.5 cm³/mol. The minimum atomic E-state index is 0.162. The Balaban J connectivity index is 2.16. The van der Waals surface area contributed by atoms with Crippen molar-refractivity contribution in [2.75, 3.05) is 6.61 Å². The van der Waals surface area contributed by atoms with Gasteiger partial charge in [-0.15, -0.1) is 0 Å². The summed E-state index contributed by atoms with van der Waals surface area (Å²) in [5.74, 6) is 0. The van der Waals surface area contributed by atoms with Gasteiger partial charge in [-0.05, 0) is 5.56 Å². The lowest BCUT2D eigenvalue weighted by molar-refractivity contribution is 0.247. The van der Waals surface area contributed by atoms with E-state index in [2.05, 4.69) is 12.1 Å². The molecule has 2 unspecified atom stereocenters. The Labute approximate surface area is 67.5 Å². The molecule has 11 heavy (non-hydrogen) atoms. The van der Waals surface area contributed by atoms with Crippen LogP contribution in [0.4, 0.5) is 0 Å². The van der Waals surface area contributed by atoms with E-state index >= 15 is 0 Å². The molecule has 1 aromatic rings. The van der Waals surface area contributed by atoms with Crippen molar-refractivity contribution in [2.24, 2.45) is 0 Å². The minimum Gasteiger partial charge on any atom is -0.333 e. The number of hydrogen-bond acceptors (Lipinski definition) is 2.